The van der Waals surface area contributed by atoms with Gasteiger partial charge in [0.2, 0.25) is 0 Å². The summed E-state index contributed by atoms with van der Waals surface area (Å²) in [6.45, 7) is 0. The molecule has 0 saturated heterocycles. The minimum Gasteiger partial charge on any atom is -0.423 e. The van der Waals surface area contributed by atoms with Gasteiger partial charge in [-0.3, -0.25) is 14.4 Å². The van der Waals surface area contributed by atoms with Gasteiger partial charge in [-0.05, 0) is 78.4 Å². The molecule has 0 saturated carbocycles. The molecular weight excluding hydrogens is 583 g/mol. The van der Waals surface area contributed by atoms with Crippen molar-refractivity contribution in [1.29, 1.82) is 0 Å². The number of benzene rings is 4. The molecule has 0 aliphatic carbocycles. The van der Waals surface area contributed by atoms with Crippen LogP contribution in [-0.2, 0) is 9.59 Å². The molecule has 0 heterocycles. The predicted molar refractivity (Wildman–Crippen MR) is 151 cm³/mol. The molecule has 4 aromatic rings. The number of amides is 3. The molecule has 0 unspecified atom stereocenters. The van der Waals surface area contributed by atoms with Gasteiger partial charge in [-0.2, -0.15) is 5.10 Å². The van der Waals surface area contributed by atoms with Gasteiger partial charge >= 0.3 is 17.8 Å². The number of ether oxygens (including phenoxy) is 1. The van der Waals surface area contributed by atoms with E-state index in [4.69, 9.17) is 4.74 Å². The van der Waals surface area contributed by atoms with Gasteiger partial charge in [-0.25, -0.2) is 14.6 Å². The molecule has 40 heavy (non-hydrogen) atoms. The van der Waals surface area contributed by atoms with Crippen molar-refractivity contribution in [3.63, 3.8) is 0 Å². The average Bonchev–Trinajstić information content (AvgIpc) is 2.95. The molecule has 11 heteroatoms. The molecule has 4 aromatic carbocycles. The number of hydrogen-bond acceptors (Lipinski definition) is 6. The first kappa shape index (κ1) is 27.9. The van der Waals surface area contributed by atoms with Crippen LogP contribution in [-0.4, -0.2) is 29.9 Å². The highest BCUT2D eigenvalue weighted by Crippen LogP contribution is 2.19. The summed E-state index contributed by atoms with van der Waals surface area (Å²) in [7, 11) is 0. The Bertz CT molecular complexity index is 1590. The molecule has 3 amide bonds. The summed E-state index contributed by atoms with van der Waals surface area (Å²) < 4.78 is 19.7. The molecule has 0 aliphatic heterocycles. The summed E-state index contributed by atoms with van der Waals surface area (Å²) in [5.74, 6) is -3.92. The molecule has 9 nitrogen and oxygen atoms in total. The lowest BCUT2D eigenvalue weighted by atomic mass is 10.1. The van der Waals surface area contributed by atoms with Gasteiger partial charge in [0.25, 0.3) is 5.91 Å². The highest BCUT2D eigenvalue weighted by atomic mass is 79.9. The van der Waals surface area contributed by atoms with E-state index in [9.17, 15) is 23.6 Å². The number of hydrazone groups is 1. The Hall–Kier alpha value is -5.16. The zero-order valence-corrected chi connectivity index (χ0v) is 22.1. The second-order valence-corrected chi connectivity index (χ2v) is 9.01. The van der Waals surface area contributed by atoms with Crippen molar-refractivity contribution < 1.29 is 28.3 Å². The Morgan fingerprint density at radius 1 is 0.750 bits per heavy atom. The van der Waals surface area contributed by atoms with E-state index in [1.165, 1.54) is 48.7 Å². The normalized spacial score (nSPS) is 10.6. The monoisotopic (exact) mass is 602 g/mol. The highest BCUT2D eigenvalue weighted by molar-refractivity contribution is 9.10. The van der Waals surface area contributed by atoms with E-state index in [2.05, 4.69) is 37.1 Å². The van der Waals surface area contributed by atoms with Crippen molar-refractivity contribution >= 4 is 57.2 Å². The molecule has 3 N–H and O–H groups in total. The van der Waals surface area contributed by atoms with Crippen LogP contribution in [0.4, 0.5) is 15.8 Å². The lowest BCUT2D eigenvalue weighted by Crippen LogP contribution is -2.33. The summed E-state index contributed by atoms with van der Waals surface area (Å²) in [6, 6.07) is 24.7. The number of nitrogens with one attached hydrogen (secondary N) is 3. The largest absolute Gasteiger partial charge is 0.423 e. The fourth-order valence-corrected chi connectivity index (χ4v) is 3.59. The quantitative estimate of drug-likeness (QED) is 0.0886. The maximum Gasteiger partial charge on any atom is 0.346 e. The molecule has 0 spiro atoms. The third-order valence-corrected chi connectivity index (χ3v) is 5.82. The standard InChI is InChI=1S/C29H20BrFN4O5/c30-19-11-13-20(14-12-19)33-26(36)23-6-2-4-8-25(23)34-27(37)28(38)35-32-17-18-9-15-21(16-10-18)40-29(39)22-5-1-3-7-24(22)31/h1-17H,(H,33,36)(H,34,37)(H,35,38)/b32-17+. The first-order valence-electron chi connectivity index (χ1n) is 11.7. The number of halogens is 2. The van der Waals surface area contributed by atoms with Crippen LogP contribution in [0.1, 0.15) is 26.3 Å². The van der Waals surface area contributed by atoms with E-state index >= 15 is 0 Å². The zero-order chi connectivity index (χ0) is 28.5. The van der Waals surface area contributed by atoms with E-state index in [-0.39, 0.29) is 22.6 Å². The number of nitrogens with zero attached hydrogens (tertiary/aromatic N) is 1. The van der Waals surface area contributed by atoms with Gasteiger partial charge in [-0.1, -0.05) is 40.2 Å². The molecule has 4 rings (SSSR count). The first-order valence-corrected chi connectivity index (χ1v) is 12.5. The van der Waals surface area contributed by atoms with Gasteiger partial charge in [0.15, 0.2) is 0 Å². The van der Waals surface area contributed by atoms with Crippen molar-refractivity contribution in [2.24, 2.45) is 5.10 Å². The molecule has 200 valence electrons. The van der Waals surface area contributed by atoms with Crippen LogP contribution < -0.4 is 20.8 Å². The second kappa shape index (κ2) is 13.1. The van der Waals surface area contributed by atoms with Crippen molar-refractivity contribution in [2.75, 3.05) is 10.6 Å². The minimum absolute atomic E-state index is 0.141. The van der Waals surface area contributed by atoms with Gasteiger partial charge in [0, 0.05) is 10.2 Å². The molecule has 0 fully saturated rings. The Balaban J connectivity index is 1.31. The van der Waals surface area contributed by atoms with Crippen LogP contribution in [0.2, 0.25) is 0 Å². The molecule has 0 bridgehead atoms. The summed E-state index contributed by atoms with van der Waals surface area (Å²) in [5.41, 5.74) is 3.28. The fourth-order valence-electron chi connectivity index (χ4n) is 3.33. The van der Waals surface area contributed by atoms with Crippen LogP contribution in [0.15, 0.2) is 107 Å². The van der Waals surface area contributed by atoms with Gasteiger partial charge in [0.1, 0.15) is 11.6 Å². The molecule has 0 aromatic heterocycles. The van der Waals surface area contributed by atoms with Crippen LogP contribution in [0.25, 0.3) is 0 Å². The van der Waals surface area contributed by atoms with E-state index in [0.29, 0.717) is 11.3 Å². The van der Waals surface area contributed by atoms with Crippen molar-refractivity contribution in [2.45, 2.75) is 0 Å². The van der Waals surface area contributed by atoms with Crippen LogP contribution in [0.5, 0.6) is 5.75 Å². The van der Waals surface area contributed by atoms with Crippen molar-refractivity contribution in [3.05, 3.63) is 124 Å². The highest BCUT2D eigenvalue weighted by Gasteiger charge is 2.18. The van der Waals surface area contributed by atoms with Gasteiger partial charge in [0.05, 0.1) is 23.0 Å². The van der Waals surface area contributed by atoms with Crippen LogP contribution in [0, 0.1) is 5.82 Å². The number of rotatable bonds is 7. The van der Waals surface area contributed by atoms with Gasteiger partial charge < -0.3 is 15.4 Å². The third-order valence-electron chi connectivity index (χ3n) is 5.29. The van der Waals surface area contributed by atoms with E-state index in [1.54, 1.807) is 48.5 Å². The number of hydrogen-bond donors (Lipinski definition) is 3. The Morgan fingerprint density at radius 3 is 2.10 bits per heavy atom. The van der Waals surface area contributed by atoms with Crippen LogP contribution in [0.3, 0.4) is 0 Å². The smallest absolute Gasteiger partial charge is 0.346 e. The van der Waals surface area contributed by atoms with Crippen molar-refractivity contribution in [1.82, 2.24) is 5.43 Å². The lowest BCUT2D eigenvalue weighted by molar-refractivity contribution is -0.136. The first-order chi connectivity index (χ1) is 19.3. The Morgan fingerprint density at radius 2 is 1.40 bits per heavy atom. The molecule has 0 radical (unpaired) electrons. The Labute approximate surface area is 236 Å². The third kappa shape index (κ3) is 7.45. The minimum atomic E-state index is -1.06. The summed E-state index contributed by atoms with van der Waals surface area (Å²) >= 11 is 3.33. The summed E-state index contributed by atoms with van der Waals surface area (Å²) in [5, 5.41) is 8.88. The number of para-hydroxylation sites is 1. The molecule has 0 aliphatic rings. The predicted octanol–water partition coefficient (Wildman–Crippen LogP) is 5.15. The second-order valence-electron chi connectivity index (χ2n) is 8.10. The summed E-state index contributed by atoms with van der Waals surface area (Å²) in [6.07, 6.45) is 1.27. The molecule has 0 atom stereocenters. The number of carbonyl (C=O) groups is 4. The SMILES string of the molecule is O=C(N/N=C/c1ccc(OC(=O)c2ccccc2F)cc1)C(=O)Nc1ccccc1C(=O)Nc1ccc(Br)cc1. The van der Waals surface area contributed by atoms with Crippen molar-refractivity contribution in [3.8, 4) is 5.75 Å². The number of esters is 1. The maximum absolute atomic E-state index is 13.7. The van der Waals surface area contributed by atoms with E-state index in [1.807, 2.05) is 0 Å². The number of anilines is 2. The van der Waals surface area contributed by atoms with E-state index in [0.717, 1.165) is 10.5 Å². The summed E-state index contributed by atoms with van der Waals surface area (Å²) in [4.78, 5) is 49.5. The van der Waals surface area contributed by atoms with Crippen LogP contribution >= 0.6 is 15.9 Å². The Kier molecular flexibility index (Phi) is 9.11. The topological polar surface area (TPSA) is 126 Å². The fraction of sp³-hybridized carbons (Fsp3) is 0. The number of carbonyl (C=O) groups excluding carboxylic acids is 4. The molecular formula is C29H20BrFN4O5. The zero-order valence-electron chi connectivity index (χ0n) is 20.6. The maximum atomic E-state index is 13.7. The van der Waals surface area contributed by atoms with E-state index < -0.39 is 29.5 Å². The lowest BCUT2D eigenvalue weighted by Gasteiger charge is -2.11. The average molecular weight is 603 g/mol. The van der Waals surface area contributed by atoms with Gasteiger partial charge in [-0.15, -0.1) is 0 Å².